The summed E-state index contributed by atoms with van der Waals surface area (Å²) >= 11 is 4.62. The lowest BCUT2D eigenvalue weighted by Gasteiger charge is -2.09. The normalized spacial score (nSPS) is 17.3. The molecular formula is C11H11BrN2O2S. The number of nitrogens with one attached hydrogen (secondary N) is 1. The molecule has 1 aromatic carbocycles. The molecule has 3 N–H and O–H groups in total. The van der Waals surface area contributed by atoms with E-state index in [-0.39, 0.29) is 5.75 Å². The number of anilines is 1. The summed E-state index contributed by atoms with van der Waals surface area (Å²) < 4.78 is 1.38. The van der Waals surface area contributed by atoms with E-state index in [4.69, 9.17) is 0 Å². The van der Waals surface area contributed by atoms with Crippen LogP contribution in [-0.4, -0.2) is 21.4 Å². The molecule has 1 saturated carbocycles. The summed E-state index contributed by atoms with van der Waals surface area (Å²) in [6.07, 6.45) is 1.60. The van der Waals surface area contributed by atoms with E-state index < -0.39 is 6.23 Å². The Balaban J connectivity index is 1.93. The Bertz CT molecular complexity index is 568. The molecule has 3 rings (SSSR count). The van der Waals surface area contributed by atoms with Crippen LogP contribution < -0.4 is 5.32 Å². The minimum Gasteiger partial charge on any atom is -0.505 e. The molecule has 0 bridgehead atoms. The van der Waals surface area contributed by atoms with Gasteiger partial charge in [0.05, 0.1) is 14.7 Å². The first kappa shape index (κ1) is 11.3. The van der Waals surface area contributed by atoms with Crippen molar-refractivity contribution in [3.63, 3.8) is 0 Å². The fourth-order valence-corrected chi connectivity index (χ4v) is 3.08. The van der Waals surface area contributed by atoms with Gasteiger partial charge in [0.15, 0.2) is 5.13 Å². The molecule has 1 fully saturated rings. The van der Waals surface area contributed by atoms with Crippen molar-refractivity contribution in [2.75, 3.05) is 5.32 Å². The molecule has 1 aromatic heterocycles. The highest BCUT2D eigenvalue weighted by atomic mass is 79.9. The van der Waals surface area contributed by atoms with Gasteiger partial charge in [-0.2, -0.15) is 0 Å². The predicted octanol–water partition coefficient (Wildman–Crippen LogP) is 2.90. The van der Waals surface area contributed by atoms with Gasteiger partial charge in [0.2, 0.25) is 0 Å². The Hall–Kier alpha value is -0.850. The SMILES string of the molecule is Oc1c(Br)ccc2nc(NC(O)C3CC3)sc12. The Kier molecular flexibility index (Phi) is 2.72. The highest BCUT2D eigenvalue weighted by molar-refractivity contribution is 9.10. The summed E-state index contributed by atoms with van der Waals surface area (Å²) in [5.41, 5.74) is 0.737. The Morgan fingerprint density at radius 2 is 2.24 bits per heavy atom. The molecule has 0 amide bonds. The van der Waals surface area contributed by atoms with Crippen molar-refractivity contribution < 1.29 is 10.2 Å². The summed E-state index contributed by atoms with van der Waals surface area (Å²) in [6, 6.07) is 3.60. The second-order valence-electron chi connectivity index (χ2n) is 4.19. The number of hydrogen-bond donors (Lipinski definition) is 3. The third-order valence-electron chi connectivity index (χ3n) is 2.82. The summed E-state index contributed by atoms with van der Waals surface area (Å²) in [5.74, 6) is 0.552. The van der Waals surface area contributed by atoms with Crippen LogP contribution in [0.15, 0.2) is 16.6 Å². The average Bonchev–Trinajstić information content (AvgIpc) is 3.06. The van der Waals surface area contributed by atoms with Gasteiger partial charge >= 0.3 is 0 Å². The zero-order valence-electron chi connectivity index (χ0n) is 8.85. The standard InChI is InChI=1S/C11H11BrN2O2S/c12-6-3-4-7-9(8(6)15)17-11(13-7)14-10(16)5-1-2-5/h3-5,10,15-16H,1-2H2,(H,13,14). The van der Waals surface area contributed by atoms with Gasteiger partial charge in [0.1, 0.15) is 12.0 Å². The van der Waals surface area contributed by atoms with E-state index in [0.717, 1.165) is 23.1 Å². The van der Waals surface area contributed by atoms with Crippen LogP contribution >= 0.6 is 27.3 Å². The molecule has 1 heterocycles. The van der Waals surface area contributed by atoms with Gasteiger partial charge in [-0.3, -0.25) is 0 Å². The zero-order valence-corrected chi connectivity index (χ0v) is 11.3. The quantitative estimate of drug-likeness (QED) is 0.762. The maximum atomic E-state index is 9.86. The maximum Gasteiger partial charge on any atom is 0.185 e. The number of benzene rings is 1. The molecule has 2 aromatic rings. The van der Waals surface area contributed by atoms with Crippen LogP contribution in [0.1, 0.15) is 12.8 Å². The van der Waals surface area contributed by atoms with Crippen LogP contribution in [0.25, 0.3) is 10.2 Å². The second kappa shape index (κ2) is 4.12. The number of aromatic hydroxyl groups is 1. The number of fused-ring (bicyclic) bond motifs is 1. The number of halogens is 1. The van der Waals surface area contributed by atoms with E-state index >= 15 is 0 Å². The number of rotatable bonds is 3. The summed E-state index contributed by atoms with van der Waals surface area (Å²) in [4.78, 5) is 4.33. The summed E-state index contributed by atoms with van der Waals surface area (Å²) in [7, 11) is 0. The molecule has 1 aliphatic rings. The van der Waals surface area contributed by atoms with Crippen molar-refractivity contribution in [3.8, 4) is 5.75 Å². The van der Waals surface area contributed by atoms with Crippen molar-refractivity contribution in [2.45, 2.75) is 19.1 Å². The number of hydrogen-bond acceptors (Lipinski definition) is 5. The molecular weight excluding hydrogens is 304 g/mol. The molecule has 17 heavy (non-hydrogen) atoms. The van der Waals surface area contributed by atoms with Crippen LogP contribution in [0, 0.1) is 5.92 Å². The molecule has 90 valence electrons. The van der Waals surface area contributed by atoms with Crippen LogP contribution in [0.4, 0.5) is 5.13 Å². The molecule has 6 heteroatoms. The number of thiazole rings is 1. The van der Waals surface area contributed by atoms with Crippen molar-refractivity contribution in [2.24, 2.45) is 5.92 Å². The summed E-state index contributed by atoms with van der Waals surface area (Å²) in [5, 5.41) is 23.3. The average molecular weight is 315 g/mol. The topological polar surface area (TPSA) is 65.4 Å². The first-order chi connectivity index (χ1) is 8.15. The van der Waals surface area contributed by atoms with Crippen LogP contribution in [0.2, 0.25) is 0 Å². The number of aromatic nitrogens is 1. The largest absolute Gasteiger partial charge is 0.505 e. The van der Waals surface area contributed by atoms with Crippen molar-refractivity contribution in [1.82, 2.24) is 4.98 Å². The molecule has 0 aliphatic heterocycles. The third-order valence-corrected chi connectivity index (χ3v) is 4.47. The van der Waals surface area contributed by atoms with Gasteiger partial charge in [0, 0.05) is 5.92 Å². The summed E-state index contributed by atoms with van der Waals surface area (Å²) in [6.45, 7) is 0. The van der Waals surface area contributed by atoms with Crippen LogP contribution in [0.3, 0.4) is 0 Å². The Labute approximate surface area is 110 Å². The smallest absolute Gasteiger partial charge is 0.185 e. The molecule has 0 radical (unpaired) electrons. The lowest BCUT2D eigenvalue weighted by atomic mass is 10.3. The van der Waals surface area contributed by atoms with Gasteiger partial charge in [-0.15, -0.1) is 0 Å². The van der Waals surface area contributed by atoms with E-state index in [1.807, 2.05) is 6.07 Å². The Morgan fingerprint density at radius 3 is 2.94 bits per heavy atom. The Morgan fingerprint density at radius 1 is 1.47 bits per heavy atom. The fourth-order valence-electron chi connectivity index (χ4n) is 1.67. The monoisotopic (exact) mass is 314 g/mol. The molecule has 0 spiro atoms. The first-order valence-corrected chi connectivity index (χ1v) is 6.98. The second-order valence-corrected chi connectivity index (χ2v) is 6.04. The zero-order chi connectivity index (χ0) is 12.0. The minimum atomic E-state index is -0.527. The fraction of sp³-hybridized carbons (Fsp3) is 0.364. The molecule has 1 unspecified atom stereocenters. The van der Waals surface area contributed by atoms with Crippen molar-refractivity contribution in [3.05, 3.63) is 16.6 Å². The lowest BCUT2D eigenvalue weighted by molar-refractivity contribution is 0.180. The van der Waals surface area contributed by atoms with E-state index in [9.17, 15) is 10.2 Å². The lowest BCUT2D eigenvalue weighted by Crippen LogP contribution is -2.20. The number of phenolic OH excluding ortho intramolecular Hbond substituents is 1. The molecule has 0 saturated heterocycles. The van der Waals surface area contributed by atoms with E-state index in [1.165, 1.54) is 11.3 Å². The van der Waals surface area contributed by atoms with E-state index in [0.29, 0.717) is 15.5 Å². The van der Waals surface area contributed by atoms with E-state index in [1.54, 1.807) is 6.07 Å². The van der Waals surface area contributed by atoms with Gasteiger partial charge in [-0.05, 0) is 40.9 Å². The maximum absolute atomic E-state index is 9.86. The van der Waals surface area contributed by atoms with Gasteiger partial charge in [0.25, 0.3) is 0 Å². The molecule has 1 atom stereocenters. The van der Waals surface area contributed by atoms with Crippen molar-refractivity contribution in [1.29, 1.82) is 0 Å². The van der Waals surface area contributed by atoms with Crippen molar-refractivity contribution >= 4 is 42.6 Å². The number of phenols is 1. The van der Waals surface area contributed by atoms with Crippen LogP contribution in [-0.2, 0) is 0 Å². The van der Waals surface area contributed by atoms with Gasteiger partial charge in [-0.1, -0.05) is 11.3 Å². The number of aliphatic hydroxyl groups excluding tert-OH is 1. The van der Waals surface area contributed by atoms with E-state index in [2.05, 4.69) is 26.2 Å². The highest BCUT2D eigenvalue weighted by Crippen LogP contribution is 2.39. The number of nitrogens with zero attached hydrogens (tertiary/aromatic N) is 1. The van der Waals surface area contributed by atoms with Gasteiger partial charge < -0.3 is 15.5 Å². The first-order valence-electron chi connectivity index (χ1n) is 5.38. The molecule has 4 nitrogen and oxygen atoms in total. The predicted molar refractivity (Wildman–Crippen MR) is 71.3 cm³/mol. The highest BCUT2D eigenvalue weighted by Gasteiger charge is 2.30. The minimum absolute atomic E-state index is 0.203. The van der Waals surface area contributed by atoms with Crippen LogP contribution in [0.5, 0.6) is 5.75 Å². The van der Waals surface area contributed by atoms with Gasteiger partial charge in [-0.25, -0.2) is 4.98 Å². The number of aliphatic hydroxyl groups is 1. The molecule has 1 aliphatic carbocycles. The third kappa shape index (κ3) is 2.12.